The van der Waals surface area contributed by atoms with Crippen molar-refractivity contribution in [3.8, 4) is 5.75 Å². The van der Waals surface area contributed by atoms with Gasteiger partial charge in [0.05, 0.1) is 25.9 Å². The van der Waals surface area contributed by atoms with Crippen LogP contribution in [0.5, 0.6) is 5.75 Å². The van der Waals surface area contributed by atoms with Crippen LogP contribution in [0.1, 0.15) is 22.8 Å². The van der Waals surface area contributed by atoms with Crippen molar-refractivity contribution in [2.75, 3.05) is 24.3 Å². The maximum atomic E-state index is 12.9. The highest BCUT2D eigenvalue weighted by Crippen LogP contribution is 2.28. The van der Waals surface area contributed by atoms with Crippen LogP contribution in [-0.2, 0) is 16.1 Å². The Kier molecular flexibility index (Phi) is 5.77. The van der Waals surface area contributed by atoms with Crippen LogP contribution in [0.3, 0.4) is 0 Å². The van der Waals surface area contributed by atoms with E-state index < -0.39 is 11.9 Å². The van der Waals surface area contributed by atoms with Gasteiger partial charge in [-0.15, -0.1) is 0 Å². The quantitative estimate of drug-likeness (QED) is 0.646. The van der Waals surface area contributed by atoms with E-state index in [1.54, 1.807) is 42.5 Å². The number of carbonyl (C=O) groups is 4. The lowest BCUT2D eigenvalue weighted by atomic mass is 10.1. The highest BCUT2D eigenvalue weighted by atomic mass is 16.5. The number of rotatable bonds is 6. The summed E-state index contributed by atoms with van der Waals surface area (Å²) in [5.41, 5.74) is 1.70. The average Bonchev–Trinajstić information content (AvgIpc) is 3.00. The number of imide groups is 1. The molecule has 0 bridgehead atoms. The van der Waals surface area contributed by atoms with Crippen molar-refractivity contribution in [1.29, 1.82) is 0 Å². The lowest BCUT2D eigenvalue weighted by molar-refractivity contribution is -0.125. The predicted molar refractivity (Wildman–Crippen MR) is 106 cm³/mol. The summed E-state index contributed by atoms with van der Waals surface area (Å²) >= 11 is 0. The molecule has 0 aliphatic carbocycles. The number of ether oxygens (including phenoxy) is 1. The molecular weight excluding hydrogens is 376 g/mol. The van der Waals surface area contributed by atoms with Crippen molar-refractivity contribution < 1.29 is 23.9 Å². The molecule has 1 fully saturated rings. The molecule has 0 aromatic heterocycles. The molecule has 1 aliphatic rings. The van der Waals surface area contributed by atoms with E-state index in [0.717, 1.165) is 4.90 Å². The third-order valence-electron chi connectivity index (χ3n) is 4.30. The molecule has 150 valence electrons. The van der Waals surface area contributed by atoms with E-state index in [1.807, 2.05) is 0 Å². The summed E-state index contributed by atoms with van der Waals surface area (Å²) in [5.74, 6) is -0.619. The van der Waals surface area contributed by atoms with Gasteiger partial charge in [0, 0.05) is 18.2 Å². The second kappa shape index (κ2) is 8.42. The average molecular weight is 396 g/mol. The van der Waals surface area contributed by atoms with E-state index in [4.69, 9.17) is 4.74 Å². The smallest absolute Gasteiger partial charge is 0.324 e. The Bertz CT molecular complexity index is 973. The molecule has 0 saturated carbocycles. The number of carbonyl (C=O) groups excluding carboxylic acids is 4. The Morgan fingerprint density at radius 3 is 2.55 bits per heavy atom. The standard InChI is InChI=1S/C20H20N4O5/c1-12(25)22-14-7-8-17(29-2)16(9-14)23-19(27)15-6-4-3-5-13(15)11-24-18(26)10-21-20(24)28/h3-9H,10-11H2,1-2H3,(H,21,28)(H,22,25)(H,23,27). The number of anilines is 2. The van der Waals surface area contributed by atoms with Gasteiger partial charge in [0.15, 0.2) is 0 Å². The van der Waals surface area contributed by atoms with E-state index in [0.29, 0.717) is 28.3 Å². The second-order valence-corrected chi connectivity index (χ2v) is 6.35. The number of benzene rings is 2. The largest absolute Gasteiger partial charge is 0.495 e. The zero-order chi connectivity index (χ0) is 21.0. The molecule has 9 nitrogen and oxygen atoms in total. The van der Waals surface area contributed by atoms with Crippen molar-refractivity contribution >= 4 is 35.1 Å². The number of methoxy groups -OCH3 is 1. The number of nitrogens with one attached hydrogen (secondary N) is 3. The van der Waals surface area contributed by atoms with Gasteiger partial charge in [-0.25, -0.2) is 4.79 Å². The third-order valence-corrected chi connectivity index (χ3v) is 4.30. The van der Waals surface area contributed by atoms with E-state index in [2.05, 4.69) is 16.0 Å². The van der Waals surface area contributed by atoms with Crippen molar-refractivity contribution in [1.82, 2.24) is 10.2 Å². The van der Waals surface area contributed by atoms with Gasteiger partial charge in [-0.1, -0.05) is 18.2 Å². The van der Waals surface area contributed by atoms with E-state index in [-0.39, 0.29) is 24.9 Å². The summed E-state index contributed by atoms with van der Waals surface area (Å²) in [6, 6.07) is 11.1. The minimum Gasteiger partial charge on any atom is -0.495 e. The van der Waals surface area contributed by atoms with Gasteiger partial charge in [0.25, 0.3) is 5.91 Å². The zero-order valence-corrected chi connectivity index (χ0v) is 15.9. The predicted octanol–water partition coefficient (Wildman–Crippen LogP) is 1.96. The monoisotopic (exact) mass is 396 g/mol. The van der Waals surface area contributed by atoms with Crippen LogP contribution >= 0.6 is 0 Å². The maximum Gasteiger partial charge on any atom is 0.324 e. The lowest BCUT2D eigenvalue weighted by Gasteiger charge is -2.16. The zero-order valence-electron chi connectivity index (χ0n) is 15.9. The Morgan fingerprint density at radius 2 is 1.90 bits per heavy atom. The molecule has 2 aromatic carbocycles. The van der Waals surface area contributed by atoms with Crippen LogP contribution in [0.25, 0.3) is 0 Å². The molecule has 2 aromatic rings. The SMILES string of the molecule is COc1ccc(NC(C)=O)cc1NC(=O)c1ccccc1CN1C(=O)CNC1=O. The molecule has 3 rings (SSSR count). The molecule has 0 spiro atoms. The summed E-state index contributed by atoms with van der Waals surface area (Å²) in [7, 11) is 1.47. The van der Waals surface area contributed by atoms with Crippen LogP contribution in [0.15, 0.2) is 42.5 Å². The van der Waals surface area contributed by atoms with E-state index in [9.17, 15) is 19.2 Å². The molecule has 1 heterocycles. The van der Waals surface area contributed by atoms with Crippen molar-refractivity contribution in [2.45, 2.75) is 13.5 Å². The minimum atomic E-state index is -0.491. The summed E-state index contributed by atoms with van der Waals surface area (Å²) in [6.45, 7) is 1.31. The Labute approximate surface area is 167 Å². The van der Waals surface area contributed by atoms with Crippen LogP contribution in [0.2, 0.25) is 0 Å². The fourth-order valence-corrected chi connectivity index (χ4v) is 2.94. The molecule has 3 N–H and O–H groups in total. The van der Waals surface area contributed by atoms with E-state index >= 15 is 0 Å². The minimum absolute atomic E-state index is 0.0165. The number of hydrogen-bond acceptors (Lipinski definition) is 5. The van der Waals surface area contributed by atoms with Crippen LogP contribution in [0, 0.1) is 0 Å². The summed E-state index contributed by atoms with van der Waals surface area (Å²) in [6.07, 6.45) is 0. The number of hydrogen-bond donors (Lipinski definition) is 3. The maximum absolute atomic E-state index is 12.9. The molecule has 1 saturated heterocycles. The number of nitrogens with zero attached hydrogens (tertiary/aromatic N) is 1. The van der Waals surface area contributed by atoms with Crippen LogP contribution < -0.4 is 20.7 Å². The van der Waals surface area contributed by atoms with Crippen molar-refractivity contribution in [2.24, 2.45) is 0 Å². The fraction of sp³-hybridized carbons (Fsp3) is 0.200. The Morgan fingerprint density at radius 1 is 1.14 bits per heavy atom. The first kappa shape index (κ1) is 19.9. The van der Waals surface area contributed by atoms with Gasteiger partial charge < -0.3 is 20.7 Å². The Balaban J connectivity index is 1.85. The molecule has 0 unspecified atom stereocenters. The summed E-state index contributed by atoms with van der Waals surface area (Å²) in [4.78, 5) is 48.9. The van der Waals surface area contributed by atoms with E-state index in [1.165, 1.54) is 14.0 Å². The third kappa shape index (κ3) is 4.52. The van der Waals surface area contributed by atoms with Gasteiger partial charge in [-0.05, 0) is 29.8 Å². The first-order chi connectivity index (χ1) is 13.9. The highest BCUT2D eigenvalue weighted by molar-refractivity contribution is 6.07. The first-order valence-electron chi connectivity index (χ1n) is 8.82. The number of amides is 5. The molecule has 0 radical (unpaired) electrons. The molecule has 0 atom stereocenters. The molecular formula is C20H20N4O5. The topological polar surface area (TPSA) is 117 Å². The van der Waals surface area contributed by atoms with Crippen LogP contribution in [0.4, 0.5) is 16.2 Å². The lowest BCUT2D eigenvalue weighted by Crippen LogP contribution is -2.31. The number of urea groups is 1. The van der Waals surface area contributed by atoms with Gasteiger partial charge in [-0.2, -0.15) is 0 Å². The van der Waals surface area contributed by atoms with Gasteiger partial charge >= 0.3 is 6.03 Å². The van der Waals surface area contributed by atoms with Gasteiger partial charge in [0.2, 0.25) is 11.8 Å². The van der Waals surface area contributed by atoms with Crippen molar-refractivity contribution in [3.63, 3.8) is 0 Å². The van der Waals surface area contributed by atoms with Gasteiger partial charge in [-0.3, -0.25) is 19.3 Å². The fourth-order valence-electron chi connectivity index (χ4n) is 2.94. The van der Waals surface area contributed by atoms with Crippen LogP contribution in [-0.4, -0.2) is 42.3 Å². The molecule has 5 amide bonds. The molecule has 1 aliphatic heterocycles. The van der Waals surface area contributed by atoms with Crippen molar-refractivity contribution in [3.05, 3.63) is 53.6 Å². The summed E-state index contributed by atoms with van der Waals surface area (Å²) in [5, 5.41) is 7.86. The molecule has 29 heavy (non-hydrogen) atoms. The first-order valence-corrected chi connectivity index (χ1v) is 8.82. The Hall–Kier alpha value is -3.88. The second-order valence-electron chi connectivity index (χ2n) is 6.35. The molecule has 9 heteroatoms. The summed E-state index contributed by atoms with van der Waals surface area (Å²) < 4.78 is 5.27. The normalized spacial score (nSPS) is 13.1. The highest BCUT2D eigenvalue weighted by Gasteiger charge is 2.29. The van der Waals surface area contributed by atoms with Gasteiger partial charge in [0.1, 0.15) is 5.75 Å².